The van der Waals surface area contributed by atoms with E-state index in [4.69, 9.17) is 0 Å². The van der Waals surface area contributed by atoms with Crippen molar-refractivity contribution in [2.45, 2.75) is 27.2 Å². The number of amides is 1. The molecule has 2 aromatic rings. The Balaban J connectivity index is 2.35. The summed E-state index contributed by atoms with van der Waals surface area (Å²) in [6.07, 6.45) is 0.857. The summed E-state index contributed by atoms with van der Waals surface area (Å²) in [4.78, 5) is 12.4. The minimum absolute atomic E-state index is 0.137. The van der Waals surface area contributed by atoms with Crippen LogP contribution < -0.4 is 5.32 Å². The van der Waals surface area contributed by atoms with E-state index in [0.717, 1.165) is 23.2 Å². The van der Waals surface area contributed by atoms with Crippen LogP contribution in [0.25, 0.3) is 0 Å². The Morgan fingerprint density at radius 2 is 1.85 bits per heavy atom. The lowest BCUT2D eigenvalue weighted by Crippen LogP contribution is -2.15. The fraction of sp³-hybridized carbons (Fsp3) is 0.235. The Hall–Kier alpha value is -2.29. The minimum atomic E-state index is -0.192. The number of carbonyl (C=O) groups excluding carboxylic acids is 1. The molecule has 104 valence electrons. The zero-order valence-electron chi connectivity index (χ0n) is 12.0. The molecule has 0 aliphatic heterocycles. The number of nitrogens with one attached hydrogen (secondary N) is 1. The number of benzene rings is 2. The van der Waals surface area contributed by atoms with Crippen molar-refractivity contribution in [2.24, 2.45) is 0 Å². The van der Waals surface area contributed by atoms with Gasteiger partial charge in [0.1, 0.15) is 5.75 Å². The van der Waals surface area contributed by atoms with Gasteiger partial charge >= 0.3 is 0 Å². The summed E-state index contributed by atoms with van der Waals surface area (Å²) in [5, 5.41) is 12.7. The number of aromatic hydroxyl groups is 1. The highest BCUT2D eigenvalue weighted by Gasteiger charge is 2.14. The van der Waals surface area contributed by atoms with Crippen molar-refractivity contribution in [1.29, 1.82) is 0 Å². The highest BCUT2D eigenvalue weighted by atomic mass is 16.3. The highest BCUT2D eigenvalue weighted by molar-refractivity contribution is 6.06. The van der Waals surface area contributed by atoms with E-state index in [-0.39, 0.29) is 11.7 Å². The normalized spacial score (nSPS) is 10.3. The molecule has 2 aromatic carbocycles. The number of hydrogen-bond donors (Lipinski definition) is 2. The fourth-order valence-corrected chi connectivity index (χ4v) is 2.25. The smallest absolute Gasteiger partial charge is 0.256 e. The van der Waals surface area contributed by atoms with E-state index in [9.17, 15) is 9.90 Å². The molecule has 2 rings (SSSR count). The number of anilines is 1. The molecule has 0 spiro atoms. The van der Waals surface area contributed by atoms with Crippen LogP contribution in [0.15, 0.2) is 36.4 Å². The molecule has 0 aliphatic rings. The van der Waals surface area contributed by atoms with Crippen molar-refractivity contribution in [3.05, 3.63) is 58.7 Å². The summed E-state index contributed by atoms with van der Waals surface area (Å²) < 4.78 is 0. The molecule has 0 radical (unpaired) electrons. The van der Waals surface area contributed by atoms with E-state index >= 15 is 0 Å². The number of carbonyl (C=O) groups is 1. The van der Waals surface area contributed by atoms with Gasteiger partial charge in [-0.25, -0.2) is 0 Å². The lowest BCUT2D eigenvalue weighted by Gasteiger charge is -2.14. The molecule has 3 nitrogen and oxygen atoms in total. The Labute approximate surface area is 119 Å². The van der Waals surface area contributed by atoms with E-state index in [1.54, 1.807) is 25.1 Å². The number of phenolic OH excluding ortho intramolecular Hbond substituents is 1. The summed E-state index contributed by atoms with van der Waals surface area (Å²) in [6, 6.07) is 11.0. The summed E-state index contributed by atoms with van der Waals surface area (Å²) in [7, 11) is 0. The summed E-state index contributed by atoms with van der Waals surface area (Å²) >= 11 is 0. The molecule has 0 bridgehead atoms. The van der Waals surface area contributed by atoms with Crippen LogP contribution in [-0.2, 0) is 6.42 Å². The van der Waals surface area contributed by atoms with Gasteiger partial charge in [-0.3, -0.25) is 4.79 Å². The molecule has 0 atom stereocenters. The van der Waals surface area contributed by atoms with Crippen LogP contribution in [-0.4, -0.2) is 11.0 Å². The minimum Gasteiger partial charge on any atom is -0.508 e. The average Bonchev–Trinajstić information content (AvgIpc) is 2.44. The first kappa shape index (κ1) is 14.1. The van der Waals surface area contributed by atoms with Crippen LogP contribution in [0, 0.1) is 13.8 Å². The first-order valence-corrected chi connectivity index (χ1v) is 6.73. The molecule has 0 heterocycles. The third kappa shape index (κ3) is 2.67. The summed E-state index contributed by atoms with van der Waals surface area (Å²) in [6.45, 7) is 5.77. The molecule has 0 aliphatic carbocycles. The lowest BCUT2D eigenvalue weighted by atomic mass is 10.0. The van der Waals surface area contributed by atoms with E-state index in [1.807, 2.05) is 25.1 Å². The van der Waals surface area contributed by atoms with Crippen LogP contribution in [0.3, 0.4) is 0 Å². The van der Waals surface area contributed by atoms with Gasteiger partial charge in [-0.1, -0.05) is 31.2 Å². The van der Waals surface area contributed by atoms with Gasteiger partial charge in [0.2, 0.25) is 0 Å². The maximum absolute atomic E-state index is 12.4. The maximum atomic E-state index is 12.4. The fourth-order valence-electron chi connectivity index (χ4n) is 2.25. The molecule has 0 fully saturated rings. The second kappa shape index (κ2) is 5.78. The van der Waals surface area contributed by atoms with Crippen molar-refractivity contribution in [3.8, 4) is 5.75 Å². The second-order valence-corrected chi connectivity index (χ2v) is 4.87. The molecule has 3 heteroatoms. The first-order valence-electron chi connectivity index (χ1n) is 6.73. The third-order valence-corrected chi connectivity index (χ3v) is 3.53. The first-order chi connectivity index (χ1) is 9.54. The number of aryl methyl sites for hydroxylation is 2. The van der Waals surface area contributed by atoms with E-state index in [1.165, 1.54) is 0 Å². The zero-order valence-corrected chi connectivity index (χ0v) is 12.0. The van der Waals surface area contributed by atoms with Crippen molar-refractivity contribution < 1.29 is 9.90 Å². The van der Waals surface area contributed by atoms with Gasteiger partial charge in [-0.05, 0) is 43.5 Å². The Kier molecular flexibility index (Phi) is 4.08. The van der Waals surface area contributed by atoms with Crippen LogP contribution >= 0.6 is 0 Å². The quantitative estimate of drug-likeness (QED) is 0.889. The van der Waals surface area contributed by atoms with Gasteiger partial charge in [-0.15, -0.1) is 0 Å². The molecule has 0 saturated heterocycles. The van der Waals surface area contributed by atoms with E-state index < -0.39 is 0 Å². The molecular weight excluding hydrogens is 250 g/mol. The molecule has 20 heavy (non-hydrogen) atoms. The maximum Gasteiger partial charge on any atom is 0.256 e. The third-order valence-electron chi connectivity index (χ3n) is 3.53. The number of hydrogen-bond acceptors (Lipinski definition) is 2. The van der Waals surface area contributed by atoms with Crippen LogP contribution in [0.4, 0.5) is 5.69 Å². The largest absolute Gasteiger partial charge is 0.508 e. The molecule has 0 unspecified atom stereocenters. The van der Waals surface area contributed by atoms with E-state index in [0.29, 0.717) is 11.1 Å². The summed E-state index contributed by atoms with van der Waals surface area (Å²) in [5.41, 5.74) is 4.10. The molecular formula is C17H19NO2. The zero-order chi connectivity index (χ0) is 14.7. The van der Waals surface area contributed by atoms with Crippen molar-refractivity contribution >= 4 is 11.6 Å². The molecule has 1 amide bonds. The monoisotopic (exact) mass is 269 g/mol. The predicted octanol–water partition coefficient (Wildman–Crippen LogP) is 3.82. The molecule has 0 saturated carbocycles. The Bertz CT molecular complexity index is 647. The van der Waals surface area contributed by atoms with Gasteiger partial charge in [-0.2, -0.15) is 0 Å². The van der Waals surface area contributed by atoms with Crippen molar-refractivity contribution in [3.63, 3.8) is 0 Å². The van der Waals surface area contributed by atoms with Crippen molar-refractivity contribution in [1.82, 2.24) is 0 Å². The lowest BCUT2D eigenvalue weighted by molar-refractivity contribution is 0.102. The highest BCUT2D eigenvalue weighted by Crippen LogP contribution is 2.24. The van der Waals surface area contributed by atoms with Crippen LogP contribution in [0.2, 0.25) is 0 Å². The van der Waals surface area contributed by atoms with Crippen molar-refractivity contribution in [2.75, 3.05) is 5.32 Å². The van der Waals surface area contributed by atoms with E-state index in [2.05, 4.69) is 12.2 Å². The summed E-state index contributed by atoms with van der Waals surface area (Å²) in [5.74, 6) is -0.0550. The number of para-hydroxylation sites is 1. The molecule has 2 N–H and O–H groups in total. The molecule has 0 aromatic heterocycles. The van der Waals surface area contributed by atoms with Crippen LogP contribution in [0.1, 0.15) is 34.0 Å². The number of rotatable bonds is 3. The van der Waals surface area contributed by atoms with Gasteiger partial charge in [0, 0.05) is 16.8 Å². The van der Waals surface area contributed by atoms with Crippen LogP contribution in [0.5, 0.6) is 5.75 Å². The Morgan fingerprint density at radius 3 is 2.55 bits per heavy atom. The van der Waals surface area contributed by atoms with Gasteiger partial charge in [0.25, 0.3) is 5.91 Å². The standard InChI is InChI=1S/C17H19NO2/c1-4-13-8-5-7-11(2)16(13)18-17(20)14-9-6-10-15(19)12(14)3/h5-10,19H,4H2,1-3H3,(H,18,20). The van der Waals surface area contributed by atoms with Gasteiger partial charge in [0.05, 0.1) is 0 Å². The predicted molar refractivity (Wildman–Crippen MR) is 81.4 cm³/mol. The topological polar surface area (TPSA) is 49.3 Å². The van der Waals surface area contributed by atoms with Gasteiger partial charge < -0.3 is 10.4 Å². The SMILES string of the molecule is CCc1cccc(C)c1NC(=O)c1cccc(O)c1C. The average molecular weight is 269 g/mol. The van der Waals surface area contributed by atoms with Gasteiger partial charge in [0.15, 0.2) is 0 Å². The second-order valence-electron chi connectivity index (χ2n) is 4.87. The Morgan fingerprint density at radius 1 is 1.15 bits per heavy atom. The number of phenols is 1.